The van der Waals surface area contributed by atoms with Crippen molar-refractivity contribution in [3.8, 4) is 0 Å². The molecule has 1 saturated heterocycles. The number of aliphatic imine (C=N–C) groups is 1. The second kappa shape index (κ2) is 9.42. The first-order chi connectivity index (χ1) is 12.6. The maximum Gasteiger partial charge on any atom is 0.193 e. The predicted octanol–water partition coefficient (Wildman–Crippen LogP) is 3.21. The quantitative estimate of drug-likeness (QED) is 0.613. The first-order valence-corrected chi connectivity index (χ1v) is 11.8. The zero-order valence-corrected chi connectivity index (χ0v) is 18.1. The lowest BCUT2D eigenvalue weighted by Gasteiger charge is -2.48. The molecule has 1 aliphatic heterocycles. The Balaban J connectivity index is 1.62. The third-order valence-corrected chi connectivity index (χ3v) is 7.45. The van der Waals surface area contributed by atoms with Gasteiger partial charge in [-0.2, -0.15) is 11.8 Å². The van der Waals surface area contributed by atoms with Gasteiger partial charge in [-0.25, -0.2) is 4.98 Å². The number of nitrogens with one attached hydrogen (secondary N) is 1. The molecule has 1 saturated carbocycles. The van der Waals surface area contributed by atoms with Crippen LogP contribution in [-0.2, 0) is 6.54 Å². The van der Waals surface area contributed by atoms with Gasteiger partial charge in [-0.05, 0) is 19.8 Å². The van der Waals surface area contributed by atoms with Crippen molar-refractivity contribution in [2.24, 2.45) is 4.99 Å². The first-order valence-electron chi connectivity index (χ1n) is 9.78. The maximum atomic E-state index is 4.59. The van der Waals surface area contributed by atoms with E-state index in [2.05, 4.69) is 56.2 Å². The van der Waals surface area contributed by atoms with Gasteiger partial charge in [0.15, 0.2) is 5.96 Å². The molecule has 146 valence electrons. The lowest BCUT2D eigenvalue weighted by atomic mass is 9.80. The van der Waals surface area contributed by atoms with E-state index in [1.54, 1.807) is 11.3 Å². The summed E-state index contributed by atoms with van der Waals surface area (Å²) in [6, 6.07) is 0. The molecule has 0 bridgehead atoms. The Morgan fingerprint density at radius 1 is 1.31 bits per heavy atom. The summed E-state index contributed by atoms with van der Waals surface area (Å²) in [7, 11) is 3.99. The van der Waals surface area contributed by atoms with Crippen molar-refractivity contribution in [3.05, 3.63) is 16.1 Å². The van der Waals surface area contributed by atoms with Crippen molar-refractivity contribution in [1.29, 1.82) is 0 Å². The molecule has 7 heteroatoms. The summed E-state index contributed by atoms with van der Waals surface area (Å²) < 4.78 is 0. The van der Waals surface area contributed by atoms with Crippen LogP contribution in [0.15, 0.2) is 10.4 Å². The van der Waals surface area contributed by atoms with Gasteiger partial charge >= 0.3 is 0 Å². The van der Waals surface area contributed by atoms with E-state index in [1.165, 1.54) is 56.7 Å². The van der Waals surface area contributed by atoms with Crippen LogP contribution in [0.5, 0.6) is 0 Å². The number of rotatable bonds is 5. The highest BCUT2D eigenvalue weighted by Gasteiger charge is 2.38. The van der Waals surface area contributed by atoms with Gasteiger partial charge in [-0.3, -0.25) is 9.89 Å². The van der Waals surface area contributed by atoms with Crippen molar-refractivity contribution < 1.29 is 0 Å². The van der Waals surface area contributed by atoms with E-state index >= 15 is 0 Å². The molecule has 1 aromatic heterocycles. The number of aromatic nitrogens is 1. The minimum absolute atomic E-state index is 0.313. The Morgan fingerprint density at radius 2 is 2.04 bits per heavy atom. The van der Waals surface area contributed by atoms with Crippen LogP contribution in [0.3, 0.4) is 0 Å². The fraction of sp³-hybridized carbons (Fsp3) is 0.789. The second-order valence-electron chi connectivity index (χ2n) is 7.50. The highest BCUT2D eigenvalue weighted by Crippen LogP contribution is 2.34. The monoisotopic (exact) mass is 395 g/mol. The third kappa shape index (κ3) is 4.93. The lowest BCUT2D eigenvalue weighted by Crippen LogP contribution is -2.59. The van der Waals surface area contributed by atoms with E-state index in [-0.39, 0.29) is 0 Å². The number of thiazole rings is 1. The minimum atomic E-state index is 0.313. The van der Waals surface area contributed by atoms with Crippen molar-refractivity contribution in [2.45, 2.75) is 51.1 Å². The molecule has 2 heterocycles. The number of aryl methyl sites for hydroxylation is 1. The van der Waals surface area contributed by atoms with E-state index in [0.717, 1.165) is 29.8 Å². The highest BCUT2D eigenvalue weighted by molar-refractivity contribution is 7.99. The predicted molar refractivity (Wildman–Crippen MR) is 114 cm³/mol. The summed E-state index contributed by atoms with van der Waals surface area (Å²) in [5.41, 5.74) is 1.44. The topological polar surface area (TPSA) is 43.8 Å². The Kier molecular flexibility index (Phi) is 7.23. The van der Waals surface area contributed by atoms with Crippen molar-refractivity contribution in [1.82, 2.24) is 20.1 Å². The first kappa shape index (κ1) is 20.0. The normalized spacial score (nSPS) is 21.6. The van der Waals surface area contributed by atoms with Crippen molar-refractivity contribution in [3.63, 3.8) is 0 Å². The van der Waals surface area contributed by atoms with Crippen LogP contribution in [0.1, 0.15) is 42.8 Å². The zero-order valence-electron chi connectivity index (χ0n) is 16.5. The van der Waals surface area contributed by atoms with Crippen LogP contribution < -0.4 is 5.32 Å². The fourth-order valence-corrected chi connectivity index (χ4v) is 5.79. The Hall–Kier alpha value is -0.790. The van der Waals surface area contributed by atoms with E-state index in [9.17, 15) is 0 Å². The lowest BCUT2D eigenvalue weighted by molar-refractivity contribution is 0.0621. The summed E-state index contributed by atoms with van der Waals surface area (Å²) in [5, 5.41) is 6.98. The molecule has 0 amide bonds. The average Bonchev–Trinajstić information content (AvgIpc) is 3.08. The van der Waals surface area contributed by atoms with Crippen LogP contribution in [0.25, 0.3) is 0 Å². The van der Waals surface area contributed by atoms with Crippen LogP contribution in [0.4, 0.5) is 0 Å². The molecule has 0 spiro atoms. The fourth-order valence-electron chi connectivity index (χ4n) is 4.28. The molecule has 0 aromatic carbocycles. The highest BCUT2D eigenvalue weighted by atomic mass is 32.2. The average molecular weight is 396 g/mol. The Bertz CT molecular complexity index is 589. The second-order valence-corrected chi connectivity index (χ2v) is 9.79. The van der Waals surface area contributed by atoms with Gasteiger partial charge in [-0.15, -0.1) is 11.3 Å². The minimum Gasteiger partial charge on any atom is -0.354 e. The van der Waals surface area contributed by atoms with Gasteiger partial charge in [0, 0.05) is 56.2 Å². The van der Waals surface area contributed by atoms with Crippen LogP contribution >= 0.6 is 23.1 Å². The number of hydrogen-bond donors (Lipinski definition) is 1. The largest absolute Gasteiger partial charge is 0.354 e. The smallest absolute Gasteiger partial charge is 0.193 e. The number of guanidine groups is 1. The molecule has 26 heavy (non-hydrogen) atoms. The molecule has 1 N–H and O–H groups in total. The molecule has 0 atom stereocenters. The van der Waals surface area contributed by atoms with E-state index < -0.39 is 0 Å². The van der Waals surface area contributed by atoms with Crippen molar-refractivity contribution >= 4 is 29.1 Å². The Labute approximate surface area is 166 Å². The van der Waals surface area contributed by atoms with Gasteiger partial charge in [-0.1, -0.05) is 19.3 Å². The molecule has 1 aliphatic carbocycles. The number of hydrogen-bond acceptors (Lipinski definition) is 5. The van der Waals surface area contributed by atoms with Gasteiger partial charge in [0.05, 0.1) is 17.2 Å². The van der Waals surface area contributed by atoms with E-state index in [0.29, 0.717) is 5.54 Å². The summed E-state index contributed by atoms with van der Waals surface area (Å²) in [6.07, 6.45) is 6.74. The van der Waals surface area contributed by atoms with E-state index in [4.69, 9.17) is 0 Å². The van der Waals surface area contributed by atoms with E-state index in [1.807, 2.05) is 7.05 Å². The molecular weight excluding hydrogens is 362 g/mol. The van der Waals surface area contributed by atoms with Crippen molar-refractivity contribution in [2.75, 3.05) is 45.2 Å². The molecular formula is C19H33N5S2. The number of nitrogens with zero attached hydrogens (tertiary/aromatic N) is 4. The molecule has 3 rings (SSSR count). The third-order valence-electron chi connectivity index (χ3n) is 5.68. The van der Waals surface area contributed by atoms with Gasteiger partial charge in [0.2, 0.25) is 0 Å². The maximum absolute atomic E-state index is 4.59. The van der Waals surface area contributed by atoms with Crippen LogP contribution in [-0.4, -0.2) is 71.5 Å². The molecule has 0 radical (unpaired) electrons. The SMILES string of the molecule is CN=C(NCC1(N2CCSCC2)CCCCC1)N(C)Cc1csc(C)n1. The molecule has 2 aliphatic rings. The summed E-state index contributed by atoms with van der Waals surface area (Å²) in [5.74, 6) is 3.53. The molecule has 1 aromatic rings. The zero-order chi connectivity index (χ0) is 18.4. The summed E-state index contributed by atoms with van der Waals surface area (Å²) in [4.78, 5) is 14.1. The summed E-state index contributed by atoms with van der Waals surface area (Å²) >= 11 is 3.81. The molecule has 5 nitrogen and oxygen atoms in total. The Morgan fingerprint density at radius 3 is 2.65 bits per heavy atom. The molecule has 0 unspecified atom stereocenters. The van der Waals surface area contributed by atoms with Gasteiger partial charge in [0.25, 0.3) is 0 Å². The van der Waals surface area contributed by atoms with Crippen LogP contribution in [0, 0.1) is 6.92 Å². The molecule has 2 fully saturated rings. The van der Waals surface area contributed by atoms with Gasteiger partial charge < -0.3 is 10.2 Å². The summed E-state index contributed by atoms with van der Waals surface area (Å²) in [6.45, 7) is 6.34. The number of thioether (sulfide) groups is 1. The standard InChI is InChI=1S/C19H33N5S2/c1-16-22-17(14-26-16)13-23(3)18(20-2)21-15-19(7-5-4-6-8-19)24-9-11-25-12-10-24/h14H,4-13,15H2,1-3H3,(H,20,21). The van der Waals surface area contributed by atoms with Crippen LogP contribution in [0.2, 0.25) is 0 Å². The van der Waals surface area contributed by atoms with Gasteiger partial charge in [0.1, 0.15) is 0 Å².